The molecule has 2 heterocycles. The van der Waals surface area contributed by atoms with Crippen LogP contribution in [-0.2, 0) is 4.74 Å². The smallest absolute Gasteiger partial charge is 0.0604 e. The fourth-order valence-electron chi connectivity index (χ4n) is 4.24. The van der Waals surface area contributed by atoms with Gasteiger partial charge in [-0.25, -0.2) is 0 Å². The van der Waals surface area contributed by atoms with Gasteiger partial charge in [0.25, 0.3) is 0 Å². The van der Waals surface area contributed by atoms with Crippen LogP contribution in [0.4, 0.5) is 0 Å². The summed E-state index contributed by atoms with van der Waals surface area (Å²) in [6.07, 6.45) is 3.05. The van der Waals surface area contributed by atoms with Crippen molar-refractivity contribution in [2.45, 2.75) is 51.3 Å². The summed E-state index contributed by atoms with van der Waals surface area (Å²) in [5, 5.41) is 3.55. The third-order valence-electron chi connectivity index (χ3n) is 5.33. The lowest BCUT2D eigenvalue weighted by atomic mass is 9.81. The Balaban J connectivity index is 1.62. The maximum Gasteiger partial charge on any atom is 0.0604 e. The lowest BCUT2D eigenvalue weighted by molar-refractivity contribution is -0.0656. The summed E-state index contributed by atoms with van der Waals surface area (Å²) in [7, 11) is 0. The van der Waals surface area contributed by atoms with Gasteiger partial charge in [-0.05, 0) is 52.0 Å². The number of rotatable bonds is 3. The van der Waals surface area contributed by atoms with Gasteiger partial charge in [0.1, 0.15) is 0 Å². The van der Waals surface area contributed by atoms with E-state index in [-0.39, 0.29) is 0 Å². The van der Waals surface area contributed by atoms with Gasteiger partial charge in [0.05, 0.1) is 6.10 Å². The molecule has 0 aromatic rings. The van der Waals surface area contributed by atoms with Crippen molar-refractivity contribution >= 4 is 0 Å². The molecule has 2 unspecified atom stereocenters. The minimum absolute atomic E-state index is 0.385. The molecule has 0 amide bonds. The molecule has 1 aliphatic carbocycles. The molecule has 1 N–H and O–H groups in total. The Bertz CT molecular complexity index is 286. The van der Waals surface area contributed by atoms with Gasteiger partial charge in [-0.2, -0.15) is 0 Å². The van der Waals surface area contributed by atoms with E-state index in [4.69, 9.17) is 4.74 Å². The van der Waals surface area contributed by atoms with E-state index in [1.807, 2.05) is 0 Å². The Kier molecular flexibility index (Phi) is 2.96. The van der Waals surface area contributed by atoms with Gasteiger partial charge in [-0.1, -0.05) is 0 Å². The standard InChI is InChI=1S/C14H26N2O/c1-4-17-12-5-11(6-12)16-9-10-7-15-8-13(10)14(16,2)3/h10-13,15H,4-9H2,1-3H3. The van der Waals surface area contributed by atoms with E-state index >= 15 is 0 Å². The minimum atomic E-state index is 0.385. The summed E-state index contributed by atoms with van der Waals surface area (Å²) in [5.74, 6) is 1.74. The van der Waals surface area contributed by atoms with Crippen LogP contribution < -0.4 is 5.32 Å². The van der Waals surface area contributed by atoms with Crippen molar-refractivity contribution in [1.82, 2.24) is 10.2 Å². The molecule has 17 heavy (non-hydrogen) atoms. The van der Waals surface area contributed by atoms with Gasteiger partial charge in [-0.3, -0.25) is 4.90 Å². The van der Waals surface area contributed by atoms with Crippen LogP contribution in [0.1, 0.15) is 33.6 Å². The molecule has 0 radical (unpaired) electrons. The van der Waals surface area contributed by atoms with E-state index in [9.17, 15) is 0 Å². The second-order valence-corrected chi connectivity index (χ2v) is 6.53. The largest absolute Gasteiger partial charge is 0.378 e. The van der Waals surface area contributed by atoms with Gasteiger partial charge >= 0.3 is 0 Å². The van der Waals surface area contributed by atoms with Crippen LogP contribution in [0.25, 0.3) is 0 Å². The summed E-state index contributed by atoms with van der Waals surface area (Å²) in [5.41, 5.74) is 0.385. The minimum Gasteiger partial charge on any atom is -0.378 e. The zero-order valence-electron chi connectivity index (χ0n) is 11.4. The van der Waals surface area contributed by atoms with E-state index in [0.29, 0.717) is 11.6 Å². The monoisotopic (exact) mass is 238 g/mol. The molecule has 0 aromatic carbocycles. The Morgan fingerprint density at radius 1 is 1.29 bits per heavy atom. The van der Waals surface area contributed by atoms with E-state index in [0.717, 1.165) is 24.5 Å². The lowest BCUT2D eigenvalue weighted by Crippen LogP contribution is -2.55. The van der Waals surface area contributed by atoms with Crippen molar-refractivity contribution in [3.63, 3.8) is 0 Å². The van der Waals surface area contributed by atoms with Gasteiger partial charge in [-0.15, -0.1) is 0 Å². The van der Waals surface area contributed by atoms with E-state index in [1.165, 1.54) is 32.5 Å². The molecule has 0 bridgehead atoms. The van der Waals surface area contributed by atoms with Crippen LogP contribution in [0.3, 0.4) is 0 Å². The highest BCUT2D eigenvalue weighted by Crippen LogP contribution is 2.45. The van der Waals surface area contributed by atoms with Crippen molar-refractivity contribution in [2.24, 2.45) is 11.8 Å². The fraction of sp³-hybridized carbons (Fsp3) is 1.00. The molecule has 2 aliphatic heterocycles. The Labute approximate surface area is 105 Å². The molecule has 0 spiro atoms. The zero-order chi connectivity index (χ0) is 12.0. The number of nitrogens with zero attached hydrogens (tertiary/aromatic N) is 1. The molecule has 0 aromatic heterocycles. The molecule has 2 atom stereocenters. The molecule has 3 fully saturated rings. The van der Waals surface area contributed by atoms with Crippen LogP contribution in [0.2, 0.25) is 0 Å². The first-order chi connectivity index (χ1) is 8.13. The van der Waals surface area contributed by atoms with Crippen LogP contribution in [-0.4, -0.2) is 48.8 Å². The first-order valence-corrected chi connectivity index (χ1v) is 7.22. The Morgan fingerprint density at radius 3 is 2.71 bits per heavy atom. The summed E-state index contributed by atoms with van der Waals surface area (Å²) >= 11 is 0. The maximum absolute atomic E-state index is 5.69. The predicted octanol–water partition coefficient (Wildman–Crippen LogP) is 1.48. The summed E-state index contributed by atoms with van der Waals surface area (Å²) < 4.78 is 5.69. The molecule has 3 nitrogen and oxygen atoms in total. The molecule has 2 saturated heterocycles. The highest BCUT2D eigenvalue weighted by atomic mass is 16.5. The zero-order valence-corrected chi connectivity index (χ0v) is 11.4. The third kappa shape index (κ3) is 1.83. The Hall–Kier alpha value is -0.120. The molecular formula is C14H26N2O. The SMILES string of the molecule is CCOC1CC(N2CC3CNCC3C2(C)C)C1. The second-order valence-electron chi connectivity index (χ2n) is 6.53. The van der Waals surface area contributed by atoms with Crippen LogP contribution in [0.5, 0.6) is 0 Å². The molecule has 3 rings (SSSR count). The van der Waals surface area contributed by atoms with Crippen LogP contribution in [0.15, 0.2) is 0 Å². The topological polar surface area (TPSA) is 24.5 Å². The van der Waals surface area contributed by atoms with E-state index in [1.54, 1.807) is 0 Å². The van der Waals surface area contributed by atoms with Crippen molar-refractivity contribution in [1.29, 1.82) is 0 Å². The van der Waals surface area contributed by atoms with Gasteiger partial charge in [0, 0.05) is 31.3 Å². The van der Waals surface area contributed by atoms with Crippen molar-refractivity contribution in [3.05, 3.63) is 0 Å². The van der Waals surface area contributed by atoms with Crippen LogP contribution in [0, 0.1) is 11.8 Å². The number of fused-ring (bicyclic) bond motifs is 1. The number of nitrogens with one attached hydrogen (secondary N) is 1. The van der Waals surface area contributed by atoms with Gasteiger partial charge in [0.2, 0.25) is 0 Å². The number of likely N-dealkylation sites (tertiary alicyclic amines) is 1. The van der Waals surface area contributed by atoms with Crippen molar-refractivity contribution in [3.8, 4) is 0 Å². The molecule has 3 aliphatic rings. The highest BCUT2D eigenvalue weighted by molar-refractivity contribution is 5.08. The molecule has 3 heteroatoms. The van der Waals surface area contributed by atoms with Crippen molar-refractivity contribution in [2.75, 3.05) is 26.2 Å². The lowest BCUT2D eigenvalue weighted by Gasteiger charge is -2.48. The number of hydrogen-bond donors (Lipinski definition) is 1. The number of ether oxygens (including phenoxy) is 1. The molecular weight excluding hydrogens is 212 g/mol. The quantitative estimate of drug-likeness (QED) is 0.806. The maximum atomic E-state index is 5.69. The van der Waals surface area contributed by atoms with Gasteiger partial charge in [0.15, 0.2) is 0 Å². The summed E-state index contributed by atoms with van der Waals surface area (Å²) in [6.45, 7) is 11.6. The molecule has 98 valence electrons. The summed E-state index contributed by atoms with van der Waals surface area (Å²) in [4.78, 5) is 2.78. The van der Waals surface area contributed by atoms with Crippen molar-refractivity contribution < 1.29 is 4.74 Å². The van der Waals surface area contributed by atoms with Crippen LogP contribution >= 0.6 is 0 Å². The molecule has 1 saturated carbocycles. The third-order valence-corrected chi connectivity index (χ3v) is 5.33. The normalized spacial score (nSPS) is 44.6. The number of hydrogen-bond acceptors (Lipinski definition) is 3. The fourth-order valence-corrected chi connectivity index (χ4v) is 4.24. The first-order valence-electron chi connectivity index (χ1n) is 7.22. The average Bonchev–Trinajstić information content (AvgIpc) is 2.75. The van der Waals surface area contributed by atoms with Gasteiger partial charge < -0.3 is 10.1 Å². The van der Waals surface area contributed by atoms with E-state index in [2.05, 4.69) is 31.0 Å². The second kappa shape index (κ2) is 4.22. The first kappa shape index (κ1) is 11.9. The van der Waals surface area contributed by atoms with E-state index < -0.39 is 0 Å². The Morgan fingerprint density at radius 2 is 2.06 bits per heavy atom. The highest BCUT2D eigenvalue weighted by Gasteiger charge is 2.53. The summed E-state index contributed by atoms with van der Waals surface area (Å²) in [6, 6.07) is 0.784. The predicted molar refractivity (Wildman–Crippen MR) is 69.1 cm³/mol. The average molecular weight is 238 g/mol.